The van der Waals surface area contributed by atoms with Crippen LogP contribution < -0.4 is 0 Å². The fourth-order valence-electron chi connectivity index (χ4n) is 2.83. The predicted octanol–water partition coefficient (Wildman–Crippen LogP) is 1.40. The maximum absolute atomic E-state index is 12.7. The van der Waals surface area contributed by atoms with Crippen LogP contribution in [-0.4, -0.2) is 58.0 Å². The van der Waals surface area contributed by atoms with Crippen LogP contribution in [0.2, 0.25) is 0 Å². The van der Waals surface area contributed by atoms with Gasteiger partial charge < -0.3 is 9.80 Å². The largest absolute Gasteiger partial charge is 0.338 e. The molecular formula is C17H19N5O2. The number of amides is 2. The summed E-state index contributed by atoms with van der Waals surface area (Å²) in [5, 5.41) is 16.9. The molecule has 1 saturated heterocycles. The van der Waals surface area contributed by atoms with Crippen molar-refractivity contribution in [2.75, 3.05) is 26.2 Å². The van der Waals surface area contributed by atoms with E-state index in [1.54, 1.807) is 23.6 Å². The number of aromatic nitrogens is 2. The van der Waals surface area contributed by atoms with Crippen LogP contribution in [0.1, 0.15) is 24.3 Å². The number of carbonyl (C=O) groups excluding carboxylic acids is 2. The summed E-state index contributed by atoms with van der Waals surface area (Å²) in [5.41, 5.74) is 0.193. The molecule has 3 rings (SSSR count). The van der Waals surface area contributed by atoms with E-state index in [0.717, 1.165) is 10.9 Å². The number of nitriles is 1. The first-order valence-electron chi connectivity index (χ1n) is 7.87. The van der Waals surface area contributed by atoms with Crippen molar-refractivity contribution in [2.24, 2.45) is 5.41 Å². The minimum absolute atomic E-state index is 0.140. The van der Waals surface area contributed by atoms with Gasteiger partial charge in [-0.15, -0.1) is 0 Å². The molecule has 1 aliphatic heterocycles. The first-order valence-corrected chi connectivity index (χ1v) is 7.87. The van der Waals surface area contributed by atoms with Crippen LogP contribution in [0.4, 0.5) is 0 Å². The Balaban J connectivity index is 1.70. The molecule has 1 N–H and O–H groups in total. The molecule has 24 heavy (non-hydrogen) atoms. The number of rotatable bonds is 2. The normalized spacial score (nSPS) is 15.4. The predicted molar refractivity (Wildman–Crippen MR) is 88.0 cm³/mol. The number of aromatic amines is 1. The van der Waals surface area contributed by atoms with E-state index in [2.05, 4.69) is 10.2 Å². The fourth-order valence-corrected chi connectivity index (χ4v) is 2.83. The fraction of sp³-hybridized carbons (Fsp3) is 0.412. The molecule has 7 heteroatoms. The van der Waals surface area contributed by atoms with E-state index in [1.807, 2.05) is 30.3 Å². The van der Waals surface area contributed by atoms with Crippen LogP contribution in [-0.2, 0) is 4.79 Å². The second-order valence-corrected chi connectivity index (χ2v) is 6.44. The third-order valence-electron chi connectivity index (χ3n) is 4.34. The summed E-state index contributed by atoms with van der Waals surface area (Å²) in [4.78, 5) is 28.4. The van der Waals surface area contributed by atoms with Gasteiger partial charge in [0.15, 0.2) is 5.69 Å². The van der Waals surface area contributed by atoms with E-state index in [9.17, 15) is 9.59 Å². The van der Waals surface area contributed by atoms with E-state index < -0.39 is 5.41 Å². The lowest BCUT2D eigenvalue weighted by atomic mass is 9.93. The number of fused-ring (bicyclic) bond motifs is 1. The van der Waals surface area contributed by atoms with Crippen molar-refractivity contribution in [2.45, 2.75) is 13.8 Å². The summed E-state index contributed by atoms with van der Waals surface area (Å²) in [6.45, 7) is 4.96. The number of H-pyrrole nitrogens is 1. The number of nitrogens with one attached hydrogen (secondary N) is 1. The van der Waals surface area contributed by atoms with Crippen molar-refractivity contribution >= 4 is 22.7 Å². The highest BCUT2D eigenvalue weighted by Crippen LogP contribution is 2.21. The Morgan fingerprint density at radius 2 is 1.79 bits per heavy atom. The number of hydrogen-bond acceptors (Lipinski definition) is 4. The van der Waals surface area contributed by atoms with Gasteiger partial charge in [0.05, 0.1) is 11.6 Å². The molecule has 1 fully saturated rings. The number of carbonyl (C=O) groups is 2. The lowest BCUT2D eigenvalue weighted by Gasteiger charge is -2.36. The second kappa shape index (κ2) is 5.96. The Kier molecular flexibility index (Phi) is 3.97. The highest BCUT2D eigenvalue weighted by Gasteiger charge is 2.34. The Morgan fingerprint density at radius 3 is 2.46 bits per heavy atom. The number of para-hydroxylation sites is 1. The Labute approximate surface area is 139 Å². The van der Waals surface area contributed by atoms with Crippen LogP contribution in [0.15, 0.2) is 24.3 Å². The van der Waals surface area contributed by atoms with Crippen molar-refractivity contribution < 1.29 is 9.59 Å². The molecule has 2 aromatic rings. The van der Waals surface area contributed by atoms with Gasteiger partial charge in [-0.2, -0.15) is 10.4 Å². The first-order chi connectivity index (χ1) is 11.4. The van der Waals surface area contributed by atoms with Crippen molar-refractivity contribution in [3.8, 4) is 6.07 Å². The maximum Gasteiger partial charge on any atom is 0.275 e. The molecule has 2 amide bonds. The molecule has 0 atom stereocenters. The number of benzene rings is 1. The van der Waals surface area contributed by atoms with Crippen molar-refractivity contribution in [3.63, 3.8) is 0 Å². The molecule has 1 aliphatic rings. The minimum Gasteiger partial charge on any atom is -0.338 e. The van der Waals surface area contributed by atoms with E-state index >= 15 is 0 Å². The van der Waals surface area contributed by atoms with Gasteiger partial charge in [-0.05, 0) is 19.9 Å². The number of nitrogens with zero attached hydrogens (tertiary/aromatic N) is 4. The topological polar surface area (TPSA) is 93.1 Å². The zero-order valence-electron chi connectivity index (χ0n) is 13.7. The van der Waals surface area contributed by atoms with Gasteiger partial charge in [0.1, 0.15) is 5.41 Å². The highest BCUT2D eigenvalue weighted by atomic mass is 16.2. The zero-order valence-corrected chi connectivity index (χ0v) is 13.7. The third kappa shape index (κ3) is 2.71. The summed E-state index contributed by atoms with van der Waals surface area (Å²) >= 11 is 0. The van der Waals surface area contributed by atoms with Crippen molar-refractivity contribution in [1.29, 1.82) is 5.26 Å². The monoisotopic (exact) mass is 325 g/mol. The summed E-state index contributed by atoms with van der Waals surface area (Å²) in [6, 6.07) is 9.52. The molecule has 0 spiro atoms. The lowest BCUT2D eigenvalue weighted by Crippen LogP contribution is -2.53. The average molecular weight is 325 g/mol. The van der Waals surface area contributed by atoms with Crippen LogP contribution in [0, 0.1) is 16.7 Å². The first kappa shape index (κ1) is 16.0. The SMILES string of the molecule is CC(C)(C#N)C(=O)N1CCN(C(=O)c2n[nH]c3ccccc23)CC1. The van der Waals surface area contributed by atoms with Gasteiger partial charge >= 0.3 is 0 Å². The van der Waals surface area contributed by atoms with Crippen molar-refractivity contribution in [1.82, 2.24) is 20.0 Å². The van der Waals surface area contributed by atoms with Crippen LogP contribution in [0.25, 0.3) is 10.9 Å². The number of hydrogen-bond donors (Lipinski definition) is 1. The Hall–Kier alpha value is -2.88. The molecule has 0 unspecified atom stereocenters. The standard InChI is InChI=1S/C17H19N5O2/c1-17(2,11-18)16(24)22-9-7-21(8-10-22)15(23)14-12-5-3-4-6-13(12)19-20-14/h3-6H,7-10H2,1-2H3,(H,19,20). The average Bonchev–Trinajstić information content (AvgIpc) is 3.04. The quantitative estimate of drug-likeness (QED) is 0.903. The molecule has 0 aliphatic carbocycles. The van der Waals surface area contributed by atoms with Gasteiger partial charge in [0.25, 0.3) is 5.91 Å². The smallest absolute Gasteiger partial charge is 0.275 e. The highest BCUT2D eigenvalue weighted by molar-refractivity contribution is 6.04. The zero-order chi connectivity index (χ0) is 17.3. The molecule has 2 heterocycles. The lowest BCUT2D eigenvalue weighted by molar-refractivity contribution is -0.139. The second-order valence-electron chi connectivity index (χ2n) is 6.44. The molecule has 7 nitrogen and oxygen atoms in total. The van der Waals surface area contributed by atoms with E-state index in [4.69, 9.17) is 5.26 Å². The molecule has 0 radical (unpaired) electrons. The molecule has 124 valence electrons. The maximum atomic E-state index is 12.7. The summed E-state index contributed by atoms with van der Waals surface area (Å²) < 4.78 is 0. The van der Waals surface area contributed by atoms with Gasteiger partial charge in [-0.1, -0.05) is 18.2 Å². The van der Waals surface area contributed by atoms with E-state index in [0.29, 0.717) is 31.9 Å². The van der Waals surface area contributed by atoms with Crippen LogP contribution in [0.5, 0.6) is 0 Å². The van der Waals surface area contributed by atoms with Crippen LogP contribution in [0.3, 0.4) is 0 Å². The van der Waals surface area contributed by atoms with Gasteiger partial charge in [0.2, 0.25) is 5.91 Å². The molecule has 0 bridgehead atoms. The minimum atomic E-state index is -1.04. The van der Waals surface area contributed by atoms with Crippen molar-refractivity contribution in [3.05, 3.63) is 30.0 Å². The summed E-state index contributed by atoms with van der Waals surface area (Å²) in [7, 11) is 0. The van der Waals surface area contributed by atoms with E-state index in [1.165, 1.54) is 0 Å². The Morgan fingerprint density at radius 1 is 1.17 bits per heavy atom. The van der Waals surface area contributed by atoms with Crippen LogP contribution >= 0.6 is 0 Å². The van der Waals surface area contributed by atoms with Gasteiger partial charge in [-0.25, -0.2) is 0 Å². The van der Waals surface area contributed by atoms with Gasteiger partial charge in [0, 0.05) is 31.6 Å². The summed E-state index contributed by atoms with van der Waals surface area (Å²) in [5.74, 6) is -0.332. The van der Waals surface area contributed by atoms with Gasteiger partial charge in [-0.3, -0.25) is 14.7 Å². The third-order valence-corrected chi connectivity index (χ3v) is 4.34. The number of piperazine rings is 1. The molecule has 1 aromatic heterocycles. The molecular weight excluding hydrogens is 306 g/mol. The molecule has 1 aromatic carbocycles. The summed E-state index contributed by atoms with van der Waals surface area (Å²) in [6.07, 6.45) is 0. The Bertz CT molecular complexity index is 825. The van der Waals surface area contributed by atoms with E-state index in [-0.39, 0.29) is 11.8 Å². The molecule has 0 saturated carbocycles.